The topological polar surface area (TPSA) is 73.9 Å². The minimum absolute atomic E-state index is 0.214. The molecule has 3 rings (SSSR count). The van der Waals surface area contributed by atoms with E-state index in [1.807, 2.05) is 12.1 Å². The zero-order chi connectivity index (χ0) is 13.8. The number of ether oxygens (including phenoxy) is 1. The quantitative estimate of drug-likeness (QED) is 0.925. The van der Waals surface area contributed by atoms with Crippen molar-refractivity contribution in [2.45, 2.75) is 37.8 Å². The van der Waals surface area contributed by atoms with Crippen molar-refractivity contribution in [2.75, 3.05) is 0 Å². The van der Waals surface area contributed by atoms with Crippen LogP contribution < -0.4 is 10.5 Å². The van der Waals surface area contributed by atoms with E-state index in [1.54, 1.807) is 24.7 Å². The molecule has 1 fully saturated rings. The van der Waals surface area contributed by atoms with Crippen LogP contribution in [0.5, 0.6) is 5.88 Å². The van der Waals surface area contributed by atoms with Crippen molar-refractivity contribution < 1.29 is 4.74 Å². The average Bonchev–Trinajstić information content (AvgIpc) is 2.51. The Labute approximate surface area is 118 Å². The first-order valence-electron chi connectivity index (χ1n) is 6.97. The second kappa shape index (κ2) is 5.96. The highest BCUT2D eigenvalue weighted by atomic mass is 16.5. The Hall–Kier alpha value is -2.01. The molecule has 0 amide bonds. The molecular weight excluding hydrogens is 252 g/mol. The SMILES string of the molecule is N[C@H]1CC[C@H](Oc2ccnc(-c3cccnc3)n2)CC1. The Morgan fingerprint density at radius 2 is 1.95 bits per heavy atom. The van der Waals surface area contributed by atoms with E-state index in [2.05, 4.69) is 15.0 Å². The third-order valence-corrected chi connectivity index (χ3v) is 3.56. The average molecular weight is 270 g/mol. The monoisotopic (exact) mass is 270 g/mol. The molecule has 0 aliphatic heterocycles. The maximum absolute atomic E-state index is 5.94. The summed E-state index contributed by atoms with van der Waals surface area (Å²) < 4.78 is 5.94. The van der Waals surface area contributed by atoms with E-state index in [0.29, 0.717) is 17.7 Å². The number of rotatable bonds is 3. The first-order valence-corrected chi connectivity index (χ1v) is 6.97. The molecule has 0 unspecified atom stereocenters. The predicted octanol–water partition coefficient (Wildman–Crippen LogP) is 2.19. The van der Waals surface area contributed by atoms with E-state index in [4.69, 9.17) is 10.5 Å². The molecule has 1 aliphatic carbocycles. The van der Waals surface area contributed by atoms with Crippen molar-refractivity contribution in [3.63, 3.8) is 0 Å². The van der Waals surface area contributed by atoms with Gasteiger partial charge in [0.1, 0.15) is 6.10 Å². The molecule has 0 saturated heterocycles. The Bertz CT molecular complexity index is 553. The summed E-state index contributed by atoms with van der Waals surface area (Å²) in [7, 11) is 0. The van der Waals surface area contributed by atoms with Crippen molar-refractivity contribution in [3.05, 3.63) is 36.8 Å². The van der Waals surface area contributed by atoms with Gasteiger partial charge in [0, 0.05) is 36.3 Å². The van der Waals surface area contributed by atoms with Gasteiger partial charge in [0.05, 0.1) is 0 Å². The summed E-state index contributed by atoms with van der Waals surface area (Å²) in [6.07, 6.45) is 9.44. The lowest BCUT2D eigenvalue weighted by Gasteiger charge is -2.26. The Morgan fingerprint density at radius 3 is 2.70 bits per heavy atom. The second-order valence-electron chi connectivity index (χ2n) is 5.11. The minimum Gasteiger partial charge on any atom is -0.474 e. The minimum atomic E-state index is 0.214. The number of nitrogens with two attached hydrogens (primary N) is 1. The lowest BCUT2D eigenvalue weighted by atomic mass is 9.94. The zero-order valence-electron chi connectivity index (χ0n) is 11.3. The highest BCUT2D eigenvalue weighted by molar-refractivity contribution is 5.53. The molecule has 2 heterocycles. The fourth-order valence-corrected chi connectivity index (χ4v) is 2.42. The third kappa shape index (κ3) is 3.11. The Morgan fingerprint density at radius 1 is 1.10 bits per heavy atom. The molecule has 5 heteroatoms. The molecule has 104 valence electrons. The van der Waals surface area contributed by atoms with Crippen LogP contribution in [0, 0.1) is 0 Å². The van der Waals surface area contributed by atoms with Crippen molar-refractivity contribution in [1.29, 1.82) is 0 Å². The molecule has 1 aliphatic rings. The van der Waals surface area contributed by atoms with Crippen LogP contribution in [0.25, 0.3) is 11.4 Å². The summed E-state index contributed by atoms with van der Waals surface area (Å²) in [5.74, 6) is 1.27. The summed E-state index contributed by atoms with van der Waals surface area (Å²) >= 11 is 0. The van der Waals surface area contributed by atoms with E-state index in [1.165, 1.54) is 0 Å². The normalized spacial score (nSPS) is 22.4. The van der Waals surface area contributed by atoms with E-state index in [0.717, 1.165) is 31.2 Å². The third-order valence-electron chi connectivity index (χ3n) is 3.56. The Kier molecular flexibility index (Phi) is 3.87. The van der Waals surface area contributed by atoms with Gasteiger partial charge < -0.3 is 10.5 Å². The molecule has 0 bridgehead atoms. The summed E-state index contributed by atoms with van der Waals surface area (Å²) in [5, 5.41) is 0. The zero-order valence-corrected chi connectivity index (χ0v) is 11.3. The van der Waals surface area contributed by atoms with Crippen LogP contribution in [-0.2, 0) is 0 Å². The van der Waals surface area contributed by atoms with E-state index in [9.17, 15) is 0 Å². The first kappa shape index (κ1) is 13.0. The van der Waals surface area contributed by atoms with Gasteiger partial charge in [-0.15, -0.1) is 0 Å². The fourth-order valence-electron chi connectivity index (χ4n) is 2.42. The fraction of sp³-hybridized carbons (Fsp3) is 0.400. The van der Waals surface area contributed by atoms with Gasteiger partial charge in [-0.2, -0.15) is 4.98 Å². The number of aromatic nitrogens is 3. The van der Waals surface area contributed by atoms with Gasteiger partial charge in [-0.25, -0.2) is 4.98 Å². The van der Waals surface area contributed by atoms with E-state index in [-0.39, 0.29) is 6.10 Å². The highest BCUT2D eigenvalue weighted by Gasteiger charge is 2.20. The van der Waals surface area contributed by atoms with Crippen LogP contribution >= 0.6 is 0 Å². The van der Waals surface area contributed by atoms with Gasteiger partial charge in [-0.05, 0) is 37.8 Å². The molecule has 0 atom stereocenters. The number of hydrogen-bond donors (Lipinski definition) is 1. The lowest BCUT2D eigenvalue weighted by Crippen LogP contribution is -2.31. The van der Waals surface area contributed by atoms with Crippen LogP contribution in [0.1, 0.15) is 25.7 Å². The highest BCUT2D eigenvalue weighted by Crippen LogP contribution is 2.23. The van der Waals surface area contributed by atoms with Crippen molar-refractivity contribution >= 4 is 0 Å². The van der Waals surface area contributed by atoms with Crippen LogP contribution in [0.3, 0.4) is 0 Å². The second-order valence-corrected chi connectivity index (χ2v) is 5.11. The lowest BCUT2D eigenvalue weighted by molar-refractivity contribution is 0.141. The smallest absolute Gasteiger partial charge is 0.217 e. The van der Waals surface area contributed by atoms with Gasteiger partial charge in [0.15, 0.2) is 5.82 Å². The molecule has 2 N–H and O–H groups in total. The standard InChI is InChI=1S/C15H18N4O/c16-12-3-5-13(6-4-12)20-14-7-9-18-15(19-14)11-2-1-8-17-10-11/h1-2,7-10,12-13H,3-6,16H2/t12-,13-. The maximum Gasteiger partial charge on any atom is 0.217 e. The van der Waals surface area contributed by atoms with Gasteiger partial charge in [0.2, 0.25) is 5.88 Å². The molecule has 0 radical (unpaired) electrons. The molecule has 2 aromatic rings. The molecule has 2 aromatic heterocycles. The van der Waals surface area contributed by atoms with Gasteiger partial charge >= 0.3 is 0 Å². The molecule has 20 heavy (non-hydrogen) atoms. The number of nitrogens with zero attached hydrogens (tertiary/aromatic N) is 3. The summed E-state index contributed by atoms with van der Waals surface area (Å²) in [4.78, 5) is 12.8. The predicted molar refractivity (Wildman–Crippen MR) is 76.1 cm³/mol. The number of pyridine rings is 1. The van der Waals surface area contributed by atoms with Gasteiger partial charge in [-0.3, -0.25) is 4.98 Å². The van der Waals surface area contributed by atoms with Crippen LogP contribution in [-0.4, -0.2) is 27.1 Å². The molecule has 1 saturated carbocycles. The maximum atomic E-state index is 5.94. The summed E-state index contributed by atoms with van der Waals surface area (Å²) in [6.45, 7) is 0. The molecular formula is C15H18N4O. The van der Waals surface area contributed by atoms with Crippen LogP contribution in [0.2, 0.25) is 0 Å². The first-order chi connectivity index (χ1) is 9.81. The molecule has 0 spiro atoms. The van der Waals surface area contributed by atoms with E-state index < -0.39 is 0 Å². The summed E-state index contributed by atoms with van der Waals surface area (Å²) in [5.41, 5.74) is 6.79. The number of hydrogen-bond acceptors (Lipinski definition) is 5. The van der Waals surface area contributed by atoms with E-state index >= 15 is 0 Å². The summed E-state index contributed by atoms with van der Waals surface area (Å²) in [6, 6.07) is 5.93. The van der Waals surface area contributed by atoms with Crippen molar-refractivity contribution in [1.82, 2.24) is 15.0 Å². The van der Waals surface area contributed by atoms with Crippen molar-refractivity contribution in [2.24, 2.45) is 5.73 Å². The Balaban J connectivity index is 1.72. The largest absolute Gasteiger partial charge is 0.474 e. The van der Waals surface area contributed by atoms with Crippen LogP contribution in [0.4, 0.5) is 0 Å². The van der Waals surface area contributed by atoms with Crippen LogP contribution in [0.15, 0.2) is 36.8 Å². The van der Waals surface area contributed by atoms with Crippen molar-refractivity contribution in [3.8, 4) is 17.3 Å². The molecule has 5 nitrogen and oxygen atoms in total. The molecule has 0 aromatic carbocycles. The van der Waals surface area contributed by atoms with Gasteiger partial charge in [0.25, 0.3) is 0 Å². The van der Waals surface area contributed by atoms with Gasteiger partial charge in [-0.1, -0.05) is 0 Å².